The van der Waals surface area contributed by atoms with Crippen LogP contribution in [0, 0.1) is 5.92 Å². The average Bonchev–Trinajstić information content (AvgIpc) is 3.14. The van der Waals surface area contributed by atoms with Gasteiger partial charge in [0.15, 0.2) is 0 Å². The second-order valence-corrected chi connectivity index (χ2v) is 7.83. The lowest BCUT2D eigenvalue weighted by atomic mass is 9.94. The van der Waals surface area contributed by atoms with E-state index in [1.54, 1.807) is 7.11 Å². The highest BCUT2D eigenvalue weighted by molar-refractivity contribution is 6.08. The molecule has 0 atom stereocenters. The fourth-order valence-electron chi connectivity index (χ4n) is 4.08. The Hall–Kier alpha value is -2.79. The zero-order chi connectivity index (χ0) is 20.2. The van der Waals surface area contributed by atoms with Crippen LogP contribution in [-0.4, -0.2) is 44.6 Å². The Kier molecular flexibility index (Phi) is 5.86. The molecule has 0 spiro atoms. The first-order chi connectivity index (χ1) is 14.2. The van der Waals surface area contributed by atoms with Gasteiger partial charge < -0.3 is 19.4 Å². The summed E-state index contributed by atoms with van der Waals surface area (Å²) < 4.78 is 11.3. The number of piperidine rings is 1. The molecule has 5 heteroatoms. The van der Waals surface area contributed by atoms with Crippen molar-refractivity contribution in [3.05, 3.63) is 54.3 Å². The number of hydrogen-bond donors (Lipinski definition) is 1. The molecule has 1 aliphatic heterocycles. The maximum Gasteiger partial charge on any atom is 0.287 e. The van der Waals surface area contributed by atoms with Gasteiger partial charge >= 0.3 is 0 Å². The minimum atomic E-state index is -0.160. The number of nitrogens with one attached hydrogen (secondary N) is 1. The van der Waals surface area contributed by atoms with E-state index in [1.165, 1.54) is 12.8 Å². The van der Waals surface area contributed by atoms with Crippen LogP contribution in [0.1, 0.15) is 29.8 Å². The maximum absolute atomic E-state index is 13.0. The van der Waals surface area contributed by atoms with Crippen molar-refractivity contribution in [2.24, 2.45) is 5.92 Å². The van der Waals surface area contributed by atoms with Crippen LogP contribution in [0.3, 0.4) is 0 Å². The summed E-state index contributed by atoms with van der Waals surface area (Å²) in [4.78, 5) is 15.4. The number of amides is 1. The van der Waals surface area contributed by atoms with Crippen molar-refractivity contribution < 1.29 is 13.9 Å². The molecule has 0 saturated carbocycles. The number of furan rings is 1. The highest BCUT2D eigenvalue weighted by atomic mass is 16.5. The zero-order valence-electron chi connectivity index (χ0n) is 17.1. The molecule has 3 aromatic rings. The zero-order valence-corrected chi connectivity index (χ0v) is 17.1. The smallest absolute Gasteiger partial charge is 0.287 e. The average molecular weight is 392 g/mol. The third kappa shape index (κ3) is 4.30. The molecule has 2 aromatic carbocycles. The molecule has 0 radical (unpaired) electrons. The van der Waals surface area contributed by atoms with Gasteiger partial charge in [-0.3, -0.25) is 4.79 Å². The predicted octanol–water partition coefficient (Wildman–Crippen LogP) is 4.57. The molecule has 1 fully saturated rings. The van der Waals surface area contributed by atoms with Crippen molar-refractivity contribution in [1.29, 1.82) is 0 Å². The topological polar surface area (TPSA) is 54.7 Å². The summed E-state index contributed by atoms with van der Waals surface area (Å²) in [7, 11) is 3.79. The van der Waals surface area contributed by atoms with E-state index in [2.05, 4.69) is 17.3 Å². The van der Waals surface area contributed by atoms with Crippen molar-refractivity contribution in [3.63, 3.8) is 0 Å². The summed E-state index contributed by atoms with van der Waals surface area (Å²) in [5.41, 5.74) is 2.46. The second-order valence-electron chi connectivity index (χ2n) is 7.83. The van der Waals surface area contributed by atoms with Crippen molar-refractivity contribution in [2.75, 3.05) is 33.8 Å². The third-order valence-corrected chi connectivity index (χ3v) is 5.84. The van der Waals surface area contributed by atoms with Crippen LogP contribution >= 0.6 is 0 Å². The largest absolute Gasteiger partial charge is 0.497 e. The van der Waals surface area contributed by atoms with Crippen LogP contribution in [0.4, 0.5) is 0 Å². The molecule has 1 amide bonds. The minimum absolute atomic E-state index is 0.160. The number of hydrogen-bond acceptors (Lipinski definition) is 4. The first-order valence-electron chi connectivity index (χ1n) is 10.3. The van der Waals surface area contributed by atoms with Gasteiger partial charge in [-0.15, -0.1) is 0 Å². The number of nitrogens with zero attached hydrogens (tertiary/aromatic N) is 1. The van der Waals surface area contributed by atoms with Gasteiger partial charge in [-0.2, -0.15) is 0 Å². The Labute approximate surface area is 171 Å². The molecule has 1 saturated heterocycles. The summed E-state index contributed by atoms with van der Waals surface area (Å²) in [6.45, 7) is 2.95. The molecular weight excluding hydrogens is 364 g/mol. The van der Waals surface area contributed by atoms with E-state index in [-0.39, 0.29) is 5.91 Å². The number of fused-ring (bicyclic) bond motifs is 1. The van der Waals surface area contributed by atoms with Crippen molar-refractivity contribution in [3.8, 4) is 16.9 Å². The van der Waals surface area contributed by atoms with E-state index in [0.29, 0.717) is 29.6 Å². The summed E-state index contributed by atoms with van der Waals surface area (Å²) >= 11 is 0. The van der Waals surface area contributed by atoms with Gasteiger partial charge in [0.05, 0.1) is 7.11 Å². The van der Waals surface area contributed by atoms with E-state index in [9.17, 15) is 4.79 Å². The SMILES string of the molecule is COc1ccc2c(-c3ccccc3)c(C(=O)NCCC3CCN(C)CC3)oc2c1. The Bertz CT molecular complexity index is 972. The molecule has 2 heterocycles. The molecule has 1 aliphatic rings. The quantitative estimate of drug-likeness (QED) is 0.668. The van der Waals surface area contributed by atoms with E-state index in [0.717, 1.165) is 36.0 Å². The van der Waals surface area contributed by atoms with Crippen LogP contribution in [0.15, 0.2) is 52.9 Å². The van der Waals surface area contributed by atoms with Crippen molar-refractivity contribution in [1.82, 2.24) is 10.2 Å². The van der Waals surface area contributed by atoms with Gasteiger partial charge in [0.25, 0.3) is 5.91 Å². The lowest BCUT2D eigenvalue weighted by Gasteiger charge is -2.28. The van der Waals surface area contributed by atoms with Crippen molar-refractivity contribution >= 4 is 16.9 Å². The first-order valence-corrected chi connectivity index (χ1v) is 10.3. The van der Waals surface area contributed by atoms with Crippen LogP contribution < -0.4 is 10.1 Å². The molecule has 0 bridgehead atoms. The van der Waals surface area contributed by atoms with E-state index >= 15 is 0 Å². The molecule has 29 heavy (non-hydrogen) atoms. The second kappa shape index (κ2) is 8.70. The van der Waals surface area contributed by atoms with E-state index in [1.807, 2.05) is 48.5 Å². The highest BCUT2D eigenvalue weighted by Crippen LogP contribution is 2.36. The van der Waals surface area contributed by atoms with Gasteiger partial charge in [0, 0.05) is 23.6 Å². The summed E-state index contributed by atoms with van der Waals surface area (Å²) in [6, 6.07) is 15.6. The van der Waals surface area contributed by atoms with Gasteiger partial charge in [-0.1, -0.05) is 30.3 Å². The Morgan fingerprint density at radius 1 is 1.17 bits per heavy atom. The van der Waals surface area contributed by atoms with Crippen LogP contribution in [-0.2, 0) is 0 Å². The minimum Gasteiger partial charge on any atom is -0.497 e. The number of carbonyl (C=O) groups is 1. The summed E-state index contributed by atoms with van der Waals surface area (Å²) in [5, 5.41) is 3.99. The van der Waals surface area contributed by atoms with Gasteiger partial charge in [0.1, 0.15) is 11.3 Å². The molecule has 0 aliphatic carbocycles. The molecule has 1 aromatic heterocycles. The third-order valence-electron chi connectivity index (χ3n) is 5.84. The standard InChI is InChI=1S/C24H28N2O3/c1-26-14-11-17(12-15-26)10-13-25-24(27)23-22(18-6-4-3-5-7-18)20-9-8-19(28-2)16-21(20)29-23/h3-9,16-17H,10-15H2,1-2H3,(H,25,27). The number of ether oxygens (including phenoxy) is 1. The van der Waals surface area contributed by atoms with Gasteiger partial charge in [-0.25, -0.2) is 0 Å². The maximum atomic E-state index is 13.0. The number of benzene rings is 2. The van der Waals surface area contributed by atoms with Crippen molar-refractivity contribution in [2.45, 2.75) is 19.3 Å². The molecule has 0 unspecified atom stereocenters. The lowest BCUT2D eigenvalue weighted by molar-refractivity contribution is 0.0924. The van der Waals surface area contributed by atoms with Crippen LogP contribution in [0.2, 0.25) is 0 Å². The lowest BCUT2D eigenvalue weighted by Crippen LogP contribution is -2.32. The highest BCUT2D eigenvalue weighted by Gasteiger charge is 2.23. The Morgan fingerprint density at radius 2 is 1.93 bits per heavy atom. The fourth-order valence-corrected chi connectivity index (χ4v) is 4.08. The first kappa shape index (κ1) is 19.5. The molecule has 152 valence electrons. The summed E-state index contributed by atoms with van der Waals surface area (Å²) in [5.74, 6) is 1.59. The fraction of sp³-hybridized carbons (Fsp3) is 0.375. The number of carbonyl (C=O) groups excluding carboxylic acids is 1. The van der Waals surface area contributed by atoms with E-state index < -0.39 is 0 Å². The number of likely N-dealkylation sites (tertiary alicyclic amines) is 1. The molecule has 1 N–H and O–H groups in total. The normalized spacial score (nSPS) is 15.5. The Morgan fingerprint density at radius 3 is 2.66 bits per heavy atom. The summed E-state index contributed by atoms with van der Waals surface area (Å²) in [6.07, 6.45) is 3.41. The monoisotopic (exact) mass is 392 g/mol. The predicted molar refractivity (Wildman–Crippen MR) is 115 cm³/mol. The molecule has 4 rings (SSSR count). The molecule has 5 nitrogen and oxygen atoms in total. The number of rotatable bonds is 6. The molecular formula is C24H28N2O3. The van der Waals surface area contributed by atoms with Gasteiger partial charge in [0.2, 0.25) is 5.76 Å². The van der Waals surface area contributed by atoms with E-state index in [4.69, 9.17) is 9.15 Å². The Balaban J connectivity index is 1.56. The van der Waals surface area contributed by atoms with Crippen LogP contribution in [0.5, 0.6) is 5.75 Å². The van der Waals surface area contributed by atoms with Gasteiger partial charge in [-0.05, 0) is 63.0 Å². The number of methoxy groups -OCH3 is 1. The van der Waals surface area contributed by atoms with Crippen LogP contribution in [0.25, 0.3) is 22.1 Å².